The van der Waals surface area contributed by atoms with Crippen molar-refractivity contribution in [3.8, 4) is 0 Å². The Bertz CT molecular complexity index is 858. The van der Waals surface area contributed by atoms with E-state index >= 15 is 0 Å². The predicted molar refractivity (Wildman–Crippen MR) is 114 cm³/mol. The van der Waals surface area contributed by atoms with Crippen molar-refractivity contribution in [2.24, 2.45) is 34.5 Å². The Kier molecular flexibility index (Phi) is 5.34. The van der Waals surface area contributed by atoms with Crippen molar-refractivity contribution in [1.82, 2.24) is 0 Å². The molecule has 6 heteroatoms. The highest BCUT2D eigenvalue weighted by Gasteiger charge is 2.72. The van der Waals surface area contributed by atoms with Crippen LogP contribution in [0.1, 0.15) is 66.2 Å². The van der Waals surface area contributed by atoms with Crippen molar-refractivity contribution >= 4 is 17.9 Å². The lowest BCUT2D eigenvalue weighted by molar-refractivity contribution is -0.191. The number of fused-ring (bicyclic) bond motifs is 5. The second-order valence-corrected chi connectivity index (χ2v) is 10.4. The summed E-state index contributed by atoms with van der Waals surface area (Å²) in [4.78, 5) is 37.1. The van der Waals surface area contributed by atoms with Gasteiger partial charge in [-0.2, -0.15) is 0 Å². The van der Waals surface area contributed by atoms with E-state index in [0.717, 1.165) is 19.3 Å². The number of carbonyl (C=O) groups excluding carboxylic acids is 2. The Morgan fingerprint density at radius 2 is 1.97 bits per heavy atom. The van der Waals surface area contributed by atoms with Gasteiger partial charge in [-0.05, 0) is 68.4 Å². The summed E-state index contributed by atoms with van der Waals surface area (Å²) in [5.41, 5.74) is -1.18. The monoisotopic (exact) mass is 430 g/mol. The molecule has 0 aromatic carbocycles. The standard InChI is InChI=1S/C25H34O6/c1-5-12-30-22(29)31-25(21(27)28)15(2)13-20-18-7-6-16-14-17(26)8-10-23(16,3)19(18)9-11-24(20,25)4/h8,10,14-15,18-20H,5-7,9,11-13H2,1-4H3,(H,27,28)/t15-,18-,19+,20+,23+,24+,25+/m1/s1. The smallest absolute Gasteiger partial charge is 0.478 e. The van der Waals surface area contributed by atoms with Crippen LogP contribution in [0.5, 0.6) is 0 Å². The number of aliphatic carboxylic acids is 1. The summed E-state index contributed by atoms with van der Waals surface area (Å²) in [6.45, 7) is 8.23. The van der Waals surface area contributed by atoms with Gasteiger partial charge in [-0.15, -0.1) is 0 Å². The van der Waals surface area contributed by atoms with Crippen LogP contribution < -0.4 is 0 Å². The molecule has 0 saturated heterocycles. The van der Waals surface area contributed by atoms with Crippen LogP contribution in [0.15, 0.2) is 23.8 Å². The summed E-state index contributed by atoms with van der Waals surface area (Å²) in [6.07, 6.45) is 9.36. The molecule has 0 heterocycles. The molecule has 0 amide bonds. The number of carbonyl (C=O) groups is 3. The molecule has 4 rings (SSSR count). The minimum absolute atomic E-state index is 0.0601. The van der Waals surface area contributed by atoms with Crippen molar-refractivity contribution in [2.75, 3.05) is 6.61 Å². The van der Waals surface area contributed by atoms with E-state index < -0.39 is 23.1 Å². The molecule has 0 unspecified atom stereocenters. The first kappa shape index (κ1) is 22.1. The third-order valence-electron chi connectivity index (χ3n) is 9.08. The largest absolute Gasteiger partial charge is 0.509 e. The maximum absolute atomic E-state index is 12.7. The molecule has 0 bridgehead atoms. The highest BCUT2D eigenvalue weighted by atomic mass is 16.7. The topological polar surface area (TPSA) is 89.9 Å². The lowest BCUT2D eigenvalue weighted by Gasteiger charge is -2.57. The molecule has 170 valence electrons. The van der Waals surface area contributed by atoms with Crippen LogP contribution in [0.25, 0.3) is 0 Å². The number of hydrogen-bond acceptors (Lipinski definition) is 5. The van der Waals surface area contributed by atoms with E-state index in [0.29, 0.717) is 31.1 Å². The Hall–Kier alpha value is -2.11. The van der Waals surface area contributed by atoms with E-state index in [1.54, 1.807) is 12.2 Å². The summed E-state index contributed by atoms with van der Waals surface area (Å²) in [5.74, 6) is -0.481. The number of allylic oxidation sites excluding steroid dienone is 4. The van der Waals surface area contributed by atoms with E-state index in [2.05, 4.69) is 13.0 Å². The predicted octanol–water partition coefficient (Wildman–Crippen LogP) is 4.93. The van der Waals surface area contributed by atoms with Crippen molar-refractivity contribution in [2.45, 2.75) is 71.8 Å². The Morgan fingerprint density at radius 3 is 2.65 bits per heavy atom. The SMILES string of the molecule is CCCOC(=O)O[C@]1(C(=O)O)[C@H](C)C[C@H]2[C@@H]3CCC4=CC(=O)C=C[C@]4(C)[C@H]3CC[C@@]21C. The molecule has 0 radical (unpaired) electrons. The van der Waals surface area contributed by atoms with Crippen LogP contribution in [0.3, 0.4) is 0 Å². The summed E-state index contributed by atoms with van der Waals surface area (Å²) in [7, 11) is 0. The van der Waals surface area contributed by atoms with Crippen molar-refractivity contribution in [1.29, 1.82) is 0 Å². The zero-order chi connectivity index (χ0) is 22.6. The molecule has 4 aliphatic rings. The Morgan fingerprint density at radius 1 is 1.23 bits per heavy atom. The van der Waals surface area contributed by atoms with Crippen LogP contribution in [-0.4, -0.2) is 35.2 Å². The molecule has 6 nitrogen and oxygen atoms in total. The molecular weight excluding hydrogens is 396 g/mol. The average molecular weight is 431 g/mol. The van der Waals surface area contributed by atoms with Gasteiger partial charge in [-0.25, -0.2) is 9.59 Å². The molecular formula is C25H34O6. The quantitative estimate of drug-likeness (QED) is 0.636. The molecule has 0 aliphatic heterocycles. The average Bonchev–Trinajstić information content (AvgIpc) is 2.94. The number of ether oxygens (including phenoxy) is 2. The van der Waals surface area contributed by atoms with Crippen LogP contribution in [0, 0.1) is 34.5 Å². The van der Waals surface area contributed by atoms with Gasteiger partial charge >= 0.3 is 12.1 Å². The van der Waals surface area contributed by atoms with Gasteiger partial charge in [0.15, 0.2) is 5.78 Å². The van der Waals surface area contributed by atoms with Crippen LogP contribution in [-0.2, 0) is 19.1 Å². The minimum Gasteiger partial charge on any atom is -0.478 e. The second-order valence-electron chi connectivity index (χ2n) is 10.4. The fraction of sp³-hybridized carbons (Fsp3) is 0.720. The Balaban J connectivity index is 1.68. The molecule has 31 heavy (non-hydrogen) atoms. The molecule has 7 atom stereocenters. The van der Waals surface area contributed by atoms with Gasteiger partial charge in [0.1, 0.15) is 0 Å². The molecule has 0 aromatic rings. The van der Waals surface area contributed by atoms with E-state index in [4.69, 9.17) is 9.47 Å². The highest BCUT2D eigenvalue weighted by Crippen LogP contribution is 2.69. The van der Waals surface area contributed by atoms with E-state index in [1.165, 1.54) is 5.57 Å². The van der Waals surface area contributed by atoms with Crippen molar-refractivity contribution < 1.29 is 29.0 Å². The first-order valence-electron chi connectivity index (χ1n) is 11.6. The first-order valence-corrected chi connectivity index (χ1v) is 11.6. The van der Waals surface area contributed by atoms with Gasteiger partial charge in [0.25, 0.3) is 0 Å². The maximum atomic E-state index is 12.7. The second kappa shape index (κ2) is 7.49. The van der Waals surface area contributed by atoms with Gasteiger partial charge < -0.3 is 14.6 Å². The molecule has 1 N–H and O–H groups in total. The zero-order valence-corrected chi connectivity index (χ0v) is 19.0. The fourth-order valence-electron chi connectivity index (χ4n) is 7.59. The number of hydrogen-bond donors (Lipinski definition) is 1. The maximum Gasteiger partial charge on any atom is 0.509 e. The lowest BCUT2D eigenvalue weighted by atomic mass is 9.47. The van der Waals surface area contributed by atoms with Crippen LogP contribution in [0.2, 0.25) is 0 Å². The summed E-state index contributed by atoms with van der Waals surface area (Å²) >= 11 is 0. The van der Waals surface area contributed by atoms with Crippen LogP contribution >= 0.6 is 0 Å². The molecule has 0 spiro atoms. The number of ketones is 1. The van der Waals surface area contributed by atoms with Gasteiger partial charge in [-0.3, -0.25) is 4.79 Å². The van der Waals surface area contributed by atoms with E-state index in [9.17, 15) is 19.5 Å². The molecule has 3 fully saturated rings. The van der Waals surface area contributed by atoms with Crippen molar-refractivity contribution in [3.05, 3.63) is 23.8 Å². The fourth-order valence-corrected chi connectivity index (χ4v) is 7.59. The van der Waals surface area contributed by atoms with Gasteiger partial charge in [0, 0.05) is 16.7 Å². The lowest BCUT2D eigenvalue weighted by Crippen LogP contribution is -2.60. The molecule has 0 aromatic heterocycles. The van der Waals surface area contributed by atoms with Crippen LogP contribution in [0.4, 0.5) is 4.79 Å². The number of carboxylic acids is 1. The summed E-state index contributed by atoms with van der Waals surface area (Å²) in [5, 5.41) is 10.4. The summed E-state index contributed by atoms with van der Waals surface area (Å²) in [6, 6.07) is 0. The number of rotatable bonds is 4. The normalized spacial score (nSPS) is 43.4. The van der Waals surface area contributed by atoms with Gasteiger partial charge in [0.2, 0.25) is 5.60 Å². The number of carboxylic acid groups (broad SMARTS) is 1. The molecule has 4 aliphatic carbocycles. The third-order valence-corrected chi connectivity index (χ3v) is 9.08. The molecule has 3 saturated carbocycles. The van der Waals surface area contributed by atoms with Crippen molar-refractivity contribution in [3.63, 3.8) is 0 Å². The highest BCUT2D eigenvalue weighted by molar-refractivity contribution is 6.01. The van der Waals surface area contributed by atoms with Gasteiger partial charge in [0.05, 0.1) is 6.61 Å². The summed E-state index contributed by atoms with van der Waals surface area (Å²) < 4.78 is 10.9. The Labute approximate surface area is 184 Å². The van der Waals surface area contributed by atoms with Gasteiger partial charge in [-0.1, -0.05) is 39.3 Å². The first-order chi connectivity index (χ1) is 14.6. The zero-order valence-electron chi connectivity index (χ0n) is 19.0. The van der Waals surface area contributed by atoms with E-state index in [1.807, 2.05) is 20.8 Å². The minimum atomic E-state index is -1.58. The third kappa shape index (κ3) is 3.00. The van der Waals surface area contributed by atoms with E-state index in [-0.39, 0.29) is 29.6 Å².